The molecule has 0 radical (unpaired) electrons. The van der Waals surface area contributed by atoms with Crippen LogP contribution >= 0.6 is 0 Å². The van der Waals surface area contributed by atoms with E-state index in [1.54, 1.807) is 6.20 Å². The molecule has 1 aromatic rings. The van der Waals surface area contributed by atoms with E-state index in [-0.39, 0.29) is 6.10 Å². The van der Waals surface area contributed by atoms with E-state index in [0.29, 0.717) is 6.01 Å². The van der Waals surface area contributed by atoms with Gasteiger partial charge in [-0.1, -0.05) is 6.92 Å². The van der Waals surface area contributed by atoms with Crippen molar-refractivity contribution in [3.63, 3.8) is 0 Å². The molecule has 1 heterocycles. The maximum Gasteiger partial charge on any atom is 0.316 e. The maximum absolute atomic E-state index is 5.33. The minimum Gasteiger partial charge on any atom is -0.461 e. The van der Waals surface area contributed by atoms with E-state index in [0.717, 1.165) is 12.1 Å². The molecule has 0 saturated heterocycles. The zero-order valence-corrected chi connectivity index (χ0v) is 7.74. The van der Waals surface area contributed by atoms with Crippen LogP contribution in [-0.4, -0.2) is 16.1 Å². The number of hydrogen-bond acceptors (Lipinski definition) is 3. The molecule has 0 atom stereocenters. The predicted molar refractivity (Wildman–Crippen MR) is 47.2 cm³/mol. The van der Waals surface area contributed by atoms with Crippen LogP contribution in [0.3, 0.4) is 0 Å². The molecule has 66 valence electrons. The van der Waals surface area contributed by atoms with Gasteiger partial charge in [-0.25, -0.2) is 9.97 Å². The Kier molecular flexibility index (Phi) is 3.02. The fraction of sp³-hybridized carbons (Fsp3) is 0.556. The molecule has 0 aliphatic carbocycles. The Labute approximate surface area is 72.8 Å². The Bertz CT molecular complexity index is 248. The van der Waals surface area contributed by atoms with E-state index in [9.17, 15) is 0 Å². The number of rotatable bonds is 3. The van der Waals surface area contributed by atoms with Gasteiger partial charge in [-0.3, -0.25) is 0 Å². The molecule has 3 heteroatoms. The van der Waals surface area contributed by atoms with Crippen LogP contribution in [0.4, 0.5) is 0 Å². The Hall–Kier alpha value is -1.12. The fourth-order valence-corrected chi connectivity index (χ4v) is 0.841. The first-order valence-corrected chi connectivity index (χ1v) is 4.21. The van der Waals surface area contributed by atoms with Gasteiger partial charge in [0.2, 0.25) is 0 Å². The summed E-state index contributed by atoms with van der Waals surface area (Å²) in [5, 5.41) is 0. The van der Waals surface area contributed by atoms with Gasteiger partial charge in [0.15, 0.2) is 0 Å². The Morgan fingerprint density at radius 1 is 1.50 bits per heavy atom. The largest absolute Gasteiger partial charge is 0.461 e. The van der Waals surface area contributed by atoms with Crippen LogP contribution in [0.5, 0.6) is 6.01 Å². The Balaban J connectivity index is 2.72. The second kappa shape index (κ2) is 4.04. The van der Waals surface area contributed by atoms with Crippen LogP contribution in [0.25, 0.3) is 0 Å². The summed E-state index contributed by atoms with van der Waals surface area (Å²) in [5.41, 5.74) is 1.01. The number of aryl methyl sites for hydroxylation is 1. The van der Waals surface area contributed by atoms with Crippen LogP contribution in [0.1, 0.15) is 26.5 Å². The molecule has 0 saturated carbocycles. The first-order valence-electron chi connectivity index (χ1n) is 4.21. The van der Waals surface area contributed by atoms with Crippen molar-refractivity contribution >= 4 is 0 Å². The van der Waals surface area contributed by atoms with Gasteiger partial charge in [-0.05, 0) is 26.3 Å². The second-order valence-electron chi connectivity index (χ2n) is 2.85. The maximum atomic E-state index is 5.33. The lowest BCUT2D eigenvalue weighted by atomic mass is 10.3. The molecule has 0 N–H and O–H groups in total. The molecule has 0 unspecified atom stereocenters. The Morgan fingerprint density at radius 2 is 2.25 bits per heavy atom. The topological polar surface area (TPSA) is 35.0 Å². The Morgan fingerprint density at radius 3 is 2.83 bits per heavy atom. The van der Waals surface area contributed by atoms with E-state index < -0.39 is 0 Å². The standard InChI is InChI=1S/C9H14N2O/c1-4-8-5-6-10-9(11-8)12-7(2)3/h5-7H,4H2,1-3H3. The molecule has 1 aromatic heterocycles. The first-order chi connectivity index (χ1) is 5.72. The summed E-state index contributed by atoms with van der Waals surface area (Å²) in [7, 11) is 0. The summed E-state index contributed by atoms with van der Waals surface area (Å²) < 4.78 is 5.33. The van der Waals surface area contributed by atoms with E-state index in [1.807, 2.05) is 19.9 Å². The number of aromatic nitrogens is 2. The van der Waals surface area contributed by atoms with Crippen molar-refractivity contribution in [2.75, 3.05) is 0 Å². The normalized spacial score (nSPS) is 10.3. The highest BCUT2D eigenvalue weighted by Crippen LogP contribution is 2.05. The van der Waals surface area contributed by atoms with Gasteiger partial charge in [-0.2, -0.15) is 0 Å². The van der Waals surface area contributed by atoms with Crippen molar-refractivity contribution in [3.8, 4) is 6.01 Å². The molecular formula is C9H14N2O. The zero-order valence-electron chi connectivity index (χ0n) is 7.74. The van der Waals surface area contributed by atoms with Crippen LogP contribution in [0.2, 0.25) is 0 Å². The van der Waals surface area contributed by atoms with E-state index >= 15 is 0 Å². The highest BCUT2D eigenvalue weighted by Gasteiger charge is 2.00. The van der Waals surface area contributed by atoms with Gasteiger partial charge in [0.25, 0.3) is 0 Å². The molecule has 0 bridgehead atoms. The lowest BCUT2D eigenvalue weighted by Crippen LogP contribution is -2.08. The van der Waals surface area contributed by atoms with Crippen LogP contribution in [0.15, 0.2) is 12.3 Å². The third-order valence-electron chi connectivity index (χ3n) is 1.39. The smallest absolute Gasteiger partial charge is 0.316 e. The molecular weight excluding hydrogens is 152 g/mol. The first kappa shape index (κ1) is 8.97. The average Bonchev–Trinajstić information content (AvgIpc) is 2.03. The summed E-state index contributed by atoms with van der Waals surface area (Å²) in [4.78, 5) is 8.19. The van der Waals surface area contributed by atoms with Crippen molar-refractivity contribution in [1.29, 1.82) is 0 Å². The van der Waals surface area contributed by atoms with Crippen LogP contribution in [0, 0.1) is 0 Å². The number of ether oxygens (including phenoxy) is 1. The molecule has 12 heavy (non-hydrogen) atoms. The van der Waals surface area contributed by atoms with E-state index in [1.165, 1.54) is 0 Å². The summed E-state index contributed by atoms with van der Waals surface area (Å²) in [6.07, 6.45) is 2.78. The van der Waals surface area contributed by atoms with Crippen LogP contribution < -0.4 is 4.74 Å². The van der Waals surface area contributed by atoms with Gasteiger partial charge >= 0.3 is 6.01 Å². The van der Waals surface area contributed by atoms with Gasteiger partial charge in [-0.15, -0.1) is 0 Å². The fourth-order valence-electron chi connectivity index (χ4n) is 0.841. The van der Waals surface area contributed by atoms with Gasteiger partial charge in [0, 0.05) is 11.9 Å². The van der Waals surface area contributed by atoms with Crippen molar-refractivity contribution in [1.82, 2.24) is 9.97 Å². The lowest BCUT2D eigenvalue weighted by molar-refractivity contribution is 0.221. The summed E-state index contributed by atoms with van der Waals surface area (Å²) in [5.74, 6) is 0. The second-order valence-corrected chi connectivity index (χ2v) is 2.85. The summed E-state index contributed by atoms with van der Waals surface area (Å²) >= 11 is 0. The third-order valence-corrected chi connectivity index (χ3v) is 1.39. The SMILES string of the molecule is CCc1ccnc(OC(C)C)n1. The average molecular weight is 166 g/mol. The molecule has 0 aromatic carbocycles. The number of hydrogen-bond donors (Lipinski definition) is 0. The lowest BCUT2D eigenvalue weighted by Gasteiger charge is -2.07. The highest BCUT2D eigenvalue weighted by atomic mass is 16.5. The van der Waals surface area contributed by atoms with Crippen molar-refractivity contribution in [2.24, 2.45) is 0 Å². The molecule has 0 amide bonds. The van der Waals surface area contributed by atoms with Crippen molar-refractivity contribution in [2.45, 2.75) is 33.3 Å². The quantitative estimate of drug-likeness (QED) is 0.687. The predicted octanol–water partition coefficient (Wildman–Crippen LogP) is 1.83. The zero-order chi connectivity index (χ0) is 8.97. The van der Waals surface area contributed by atoms with E-state index in [2.05, 4.69) is 16.9 Å². The molecule has 1 rings (SSSR count). The molecule has 0 aliphatic rings. The van der Waals surface area contributed by atoms with Gasteiger partial charge in [0.05, 0.1) is 6.10 Å². The monoisotopic (exact) mass is 166 g/mol. The van der Waals surface area contributed by atoms with Gasteiger partial charge < -0.3 is 4.74 Å². The molecule has 3 nitrogen and oxygen atoms in total. The molecule has 0 spiro atoms. The number of nitrogens with zero attached hydrogens (tertiary/aromatic N) is 2. The summed E-state index contributed by atoms with van der Waals surface area (Å²) in [6, 6.07) is 2.37. The van der Waals surface area contributed by atoms with E-state index in [4.69, 9.17) is 4.74 Å². The molecule has 0 fully saturated rings. The minimum absolute atomic E-state index is 0.136. The minimum atomic E-state index is 0.136. The summed E-state index contributed by atoms with van der Waals surface area (Å²) in [6.45, 7) is 5.98. The molecule has 0 aliphatic heterocycles. The highest BCUT2D eigenvalue weighted by molar-refractivity contribution is 5.05. The van der Waals surface area contributed by atoms with Crippen LogP contribution in [-0.2, 0) is 6.42 Å². The van der Waals surface area contributed by atoms with Crippen molar-refractivity contribution in [3.05, 3.63) is 18.0 Å². The van der Waals surface area contributed by atoms with Gasteiger partial charge in [0.1, 0.15) is 0 Å². The van der Waals surface area contributed by atoms with Crippen molar-refractivity contribution < 1.29 is 4.74 Å². The third kappa shape index (κ3) is 2.49.